The third-order valence-electron chi connectivity index (χ3n) is 2.89. The molecule has 4 nitrogen and oxygen atoms in total. The number of carbonyl (C=O) groups excluding carboxylic acids is 2. The zero-order valence-electron chi connectivity index (χ0n) is 12.8. The molecule has 0 aliphatic carbocycles. The third kappa shape index (κ3) is 6.13. The predicted molar refractivity (Wildman–Crippen MR) is 84.2 cm³/mol. The van der Waals surface area contributed by atoms with Gasteiger partial charge in [0.1, 0.15) is 11.5 Å². The van der Waals surface area contributed by atoms with Crippen LogP contribution in [0.5, 0.6) is 0 Å². The summed E-state index contributed by atoms with van der Waals surface area (Å²) in [5.41, 5.74) is -0.263. The molecule has 0 unspecified atom stereocenters. The van der Waals surface area contributed by atoms with Gasteiger partial charge in [-0.3, -0.25) is 9.59 Å². The summed E-state index contributed by atoms with van der Waals surface area (Å²) in [5, 5.41) is 3.11. The van der Waals surface area contributed by atoms with E-state index in [4.69, 9.17) is 0 Å². The lowest BCUT2D eigenvalue weighted by molar-refractivity contribution is -0.126. The van der Waals surface area contributed by atoms with Crippen LogP contribution >= 0.6 is 15.9 Å². The summed E-state index contributed by atoms with van der Waals surface area (Å²) >= 11 is 3.18. The van der Waals surface area contributed by atoms with Gasteiger partial charge in [-0.1, -0.05) is 36.7 Å². The van der Waals surface area contributed by atoms with Gasteiger partial charge in [0, 0.05) is 15.5 Å². The monoisotopic (exact) mass is 392 g/mol. The second-order valence-electron chi connectivity index (χ2n) is 5.85. The molecule has 126 valence electrons. The van der Waals surface area contributed by atoms with Crippen molar-refractivity contribution in [1.82, 2.24) is 5.43 Å². The lowest BCUT2D eigenvalue weighted by Gasteiger charge is -2.18. The summed E-state index contributed by atoms with van der Waals surface area (Å²) in [4.78, 5) is 23.6. The topological polar surface area (TPSA) is 58.5 Å². The first kappa shape index (κ1) is 19.3. The van der Waals surface area contributed by atoms with Crippen molar-refractivity contribution in [3.63, 3.8) is 0 Å². The standard InChI is InChI=1S/C15H16BrF3N2O2/c1-14(2,3)12(22)8-11(15(17,18)19)20-21-13(23)9-4-6-10(16)7-5-9/h4-7H,8H2,1-3H3,(H,21,23). The minimum absolute atomic E-state index is 0.153. The molecule has 0 aromatic heterocycles. The minimum Gasteiger partial charge on any atom is -0.299 e. The molecule has 8 heteroatoms. The summed E-state index contributed by atoms with van der Waals surface area (Å²) in [6, 6.07) is 6.02. The molecule has 0 aliphatic rings. The van der Waals surface area contributed by atoms with E-state index in [1.165, 1.54) is 32.9 Å². The highest BCUT2D eigenvalue weighted by molar-refractivity contribution is 9.10. The fourth-order valence-corrected chi connectivity index (χ4v) is 1.67. The molecule has 0 saturated heterocycles. The van der Waals surface area contributed by atoms with Gasteiger partial charge in [0.05, 0.1) is 6.42 Å². The number of hydrogen-bond acceptors (Lipinski definition) is 3. The fourth-order valence-electron chi connectivity index (χ4n) is 1.40. The average Bonchev–Trinajstić information content (AvgIpc) is 2.41. The van der Waals surface area contributed by atoms with E-state index in [0.717, 1.165) is 4.47 Å². The molecule has 0 spiro atoms. The van der Waals surface area contributed by atoms with Crippen LogP contribution in [0.1, 0.15) is 37.6 Å². The molecule has 1 amide bonds. The Balaban J connectivity index is 2.91. The van der Waals surface area contributed by atoms with Crippen LogP contribution in [0.15, 0.2) is 33.8 Å². The Labute approximate surface area is 140 Å². The molecular formula is C15H16BrF3N2O2. The number of nitrogens with zero attached hydrogens (tertiary/aromatic N) is 1. The highest BCUT2D eigenvalue weighted by Gasteiger charge is 2.39. The summed E-state index contributed by atoms with van der Waals surface area (Å²) in [7, 11) is 0. The van der Waals surface area contributed by atoms with Crippen LogP contribution in [0, 0.1) is 5.41 Å². The van der Waals surface area contributed by atoms with Gasteiger partial charge in [0.2, 0.25) is 0 Å². The lowest BCUT2D eigenvalue weighted by atomic mass is 9.88. The van der Waals surface area contributed by atoms with Crippen LogP contribution in [0.25, 0.3) is 0 Å². The van der Waals surface area contributed by atoms with Crippen molar-refractivity contribution in [2.75, 3.05) is 0 Å². The van der Waals surface area contributed by atoms with E-state index in [-0.39, 0.29) is 5.56 Å². The highest BCUT2D eigenvalue weighted by Crippen LogP contribution is 2.24. The molecule has 0 bridgehead atoms. The van der Waals surface area contributed by atoms with Gasteiger partial charge in [-0.05, 0) is 24.3 Å². The first-order valence-electron chi connectivity index (χ1n) is 6.64. The Bertz CT molecular complexity index is 617. The molecule has 1 aromatic rings. The number of ketones is 1. The SMILES string of the molecule is CC(C)(C)C(=O)CC(=NNC(=O)c1ccc(Br)cc1)C(F)(F)F. The second-order valence-corrected chi connectivity index (χ2v) is 6.77. The lowest BCUT2D eigenvalue weighted by Crippen LogP contribution is -2.33. The largest absolute Gasteiger partial charge is 0.431 e. The molecule has 0 radical (unpaired) electrons. The summed E-state index contributed by atoms with van der Waals surface area (Å²) in [6.07, 6.45) is -5.69. The van der Waals surface area contributed by atoms with Gasteiger partial charge >= 0.3 is 6.18 Å². The number of hydrogen-bond donors (Lipinski definition) is 1. The van der Waals surface area contributed by atoms with Crippen molar-refractivity contribution < 1.29 is 22.8 Å². The van der Waals surface area contributed by atoms with E-state index in [9.17, 15) is 22.8 Å². The van der Waals surface area contributed by atoms with E-state index < -0.39 is 35.4 Å². The Kier molecular flexibility index (Phi) is 6.10. The number of rotatable bonds is 4. The van der Waals surface area contributed by atoms with E-state index in [1.807, 2.05) is 5.43 Å². The zero-order chi connectivity index (χ0) is 17.8. The zero-order valence-corrected chi connectivity index (χ0v) is 14.4. The Morgan fingerprint density at radius 1 is 1.13 bits per heavy atom. The molecule has 0 heterocycles. The summed E-state index contributed by atoms with van der Waals surface area (Å²) in [5.74, 6) is -1.41. The smallest absolute Gasteiger partial charge is 0.299 e. The van der Waals surface area contributed by atoms with Crippen molar-refractivity contribution >= 4 is 33.3 Å². The molecule has 23 heavy (non-hydrogen) atoms. The number of hydrazone groups is 1. The van der Waals surface area contributed by atoms with Crippen LogP contribution in [0.2, 0.25) is 0 Å². The van der Waals surface area contributed by atoms with Gasteiger partial charge < -0.3 is 0 Å². The number of Topliss-reactive ketones (excluding diaryl/α,β-unsaturated/α-hetero) is 1. The fraction of sp³-hybridized carbons (Fsp3) is 0.400. The predicted octanol–water partition coefficient (Wildman–Crippen LogP) is 4.10. The molecule has 0 fully saturated rings. The summed E-state index contributed by atoms with van der Waals surface area (Å²) < 4.78 is 39.5. The van der Waals surface area contributed by atoms with Crippen LogP contribution in [0.3, 0.4) is 0 Å². The van der Waals surface area contributed by atoms with Gasteiger partial charge in [0.15, 0.2) is 0 Å². The molecule has 0 atom stereocenters. The Hall–Kier alpha value is -1.70. The Morgan fingerprint density at radius 2 is 1.65 bits per heavy atom. The average molecular weight is 393 g/mol. The second kappa shape index (κ2) is 7.25. The van der Waals surface area contributed by atoms with Crippen LogP contribution in [-0.2, 0) is 4.79 Å². The number of nitrogens with one attached hydrogen (secondary N) is 1. The molecule has 0 aliphatic heterocycles. The van der Waals surface area contributed by atoms with Crippen molar-refractivity contribution in [3.8, 4) is 0 Å². The highest BCUT2D eigenvalue weighted by atomic mass is 79.9. The first-order chi connectivity index (χ1) is 10.4. The molecule has 1 N–H and O–H groups in total. The van der Waals surface area contributed by atoms with Crippen LogP contribution in [0.4, 0.5) is 13.2 Å². The maximum absolute atomic E-state index is 12.9. The van der Waals surface area contributed by atoms with E-state index in [1.54, 1.807) is 12.1 Å². The van der Waals surface area contributed by atoms with E-state index >= 15 is 0 Å². The van der Waals surface area contributed by atoms with Crippen molar-refractivity contribution in [3.05, 3.63) is 34.3 Å². The van der Waals surface area contributed by atoms with E-state index in [2.05, 4.69) is 21.0 Å². The number of carbonyl (C=O) groups is 2. The minimum atomic E-state index is -4.80. The number of benzene rings is 1. The van der Waals surface area contributed by atoms with E-state index in [0.29, 0.717) is 0 Å². The molecule has 0 saturated carbocycles. The third-order valence-corrected chi connectivity index (χ3v) is 3.42. The van der Waals surface area contributed by atoms with Gasteiger partial charge in [-0.25, -0.2) is 5.43 Å². The maximum Gasteiger partial charge on any atom is 0.431 e. The summed E-state index contributed by atoms with van der Waals surface area (Å²) in [6.45, 7) is 4.55. The Morgan fingerprint density at radius 3 is 2.09 bits per heavy atom. The van der Waals surface area contributed by atoms with Crippen molar-refractivity contribution in [1.29, 1.82) is 0 Å². The number of halogens is 4. The van der Waals surface area contributed by atoms with Crippen LogP contribution < -0.4 is 5.43 Å². The van der Waals surface area contributed by atoms with Crippen molar-refractivity contribution in [2.45, 2.75) is 33.4 Å². The first-order valence-corrected chi connectivity index (χ1v) is 7.43. The molecule has 1 rings (SSSR count). The number of amides is 1. The van der Waals surface area contributed by atoms with Crippen LogP contribution in [-0.4, -0.2) is 23.6 Å². The maximum atomic E-state index is 12.9. The van der Waals surface area contributed by atoms with Crippen molar-refractivity contribution in [2.24, 2.45) is 10.5 Å². The quantitative estimate of drug-likeness (QED) is 0.619. The normalized spacial score (nSPS) is 12.9. The van der Waals surface area contributed by atoms with Gasteiger partial charge in [-0.15, -0.1) is 0 Å². The molecule has 1 aromatic carbocycles. The van der Waals surface area contributed by atoms with Gasteiger partial charge in [-0.2, -0.15) is 18.3 Å². The van der Waals surface area contributed by atoms with Gasteiger partial charge in [0.25, 0.3) is 5.91 Å². The molecular weight excluding hydrogens is 377 g/mol. The number of alkyl halides is 3.